The Morgan fingerprint density at radius 3 is 2.61 bits per heavy atom. The molecule has 2 aliphatic heterocycles. The molecule has 4 atom stereocenters. The van der Waals surface area contributed by atoms with Gasteiger partial charge >= 0.3 is 6.09 Å². The number of carbonyl (C=O) groups is 2. The summed E-state index contributed by atoms with van der Waals surface area (Å²) in [5.74, 6) is 0.290. The molecule has 2 heterocycles. The van der Waals surface area contributed by atoms with Gasteiger partial charge in [0.05, 0.1) is 0 Å². The maximum Gasteiger partial charge on any atom is 0.408 e. The maximum atomic E-state index is 13.4. The highest BCUT2D eigenvalue weighted by Crippen LogP contribution is 2.43. The number of amides is 2. The lowest BCUT2D eigenvalue weighted by molar-refractivity contribution is -0.133. The number of anilines is 1. The van der Waals surface area contributed by atoms with Crippen LogP contribution in [-0.4, -0.2) is 35.5 Å². The molecule has 2 saturated heterocycles. The zero-order valence-corrected chi connectivity index (χ0v) is 18.2. The van der Waals surface area contributed by atoms with Crippen LogP contribution in [0.25, 0.3) is 0 Å². The number of carbonyl (C=O) groups excluding carboxylic acids is 2. The van der Waals surface area contributed by atoms with Crippen LogP contribution in [0.3, 0.4) is 0 Å². The van der Waals surface area contributed by atoms with Crippen LogP contribution in [0.2, 0.25) is 0 Å². The number of nitrogens with zero attached hydrogens (tertiary/aromatic N) is 1. The van der Waals surface area contributed by atoms with Crippen LogP contribution in [0, 0.1) is 5.92 Å². The summed E-state index contributed by atoms with van der Waals surface area (Å²) >= 11 is 0. The molecule has 2 aliphatic rings. The van der Waals surface area contributed by atoms with Crippen molar-refractivity contribution in [1.29, 1.82) is 0 Å². The number of nitrogens with two attached hydrogens (primary N) is 1. The molecule has 2 amide bonds. The SMILES string of the molecule is CC1C[C@@H]2C[C@@](C)(c3ccccc3N)CN2C(=O)[C@@H](NC(=O)OCc2ccccc2)C1. The van der Waals surface area contributed by atoms with Gasteiger partial charge in [-0.05, 0) is 42.4 Å². The highest BCUT2D eigenvalue weighted by atomic mass is 16.5. The molecule has 2 fully saturated rings. The molecule has 6 nitrogen and oxygen atoms in total. The van der Waals surface area contributed by atoms with Crippen LogP contribution in [0.5, 0.6) is 0 Å². The van der Waals surface area contributed by atoms with Crippen molar-refractivity contribution in [1.82, 2.24) is 10.2 Å². The molecule has 1 unspecified atom stereocenters. The highest BCUT2D eigenvalue weighted by molar-refractivity contribution is 5.86. The summed E-state index contributed by atoms with van der Waals surface area (Å²) in [6.45, 7) is 5.12. The third-order valence-electron chi connectivity index (χ3n) is 6.66. The van der Waals surface area contributed by atoms with E-state index in [-0.39, 0.29) is 24.0 Å². The molecular formula is C25H31N3O3. The summed E-state index contributed by atoms with van der Waals surface area (Å²) in [6.07, 6.45) is 1.87. The minimum atomic E-state index is -0.571. The van der Waals surface area contributed by atoms with Gasteiger partial charge in [0, 0.05) is 23.7 Å². The van der Waals surface area contributed by atoms with Crippen molar-refractivity contribution >= 4 is 17.7 Å². The Bertz CT molecular complexity index is 948. The number of alkyl carbamates (subject to hydrolysis) is 1. The summed E-state index contributed by atoms with van der Waals surface area (Å²) in [5, 5.41) is 2.82. The topological polar surface area (TPSA) is 84.7 Å². The Hall–Kier alpha value is -3.02. The fourth-order valence-corrected chi connectivity index (χ4v) is 5.20. The third-order valence-corrected chi connectivity index (χ3v) is 6.66. The van der Waals surface area contributed by atoms with Gasteiger partial charge in [0.25, 0.3) is 0 Å². The average Bonchev–Trinajstić information content (AvgIpc) is 3.04. The molecule has 2 aromatic rings. The van der Waals surface area contributed by atoms with Crippen molar-refractivity contribution in [2.24, 2.45) is 5.92 Å². The Balaban J connectivity index is 1.45. The third kappa shape index (κ3) is 4.53. The van der Waals surface area contributed by atoms with Crippen molar-refractivity contribution in [3.8, 4) is 0 Å². The van der Waals surface area contributed by atoms with E-state index in [1.165, 1.54) is 0 Å². The molecule has 2 aromatic carbocycles. The van der Waals surface area contributed by atoms with Crippen LogP contribution >= 0.6 is 0 Å². The molecule has 6 heteroatoms. The number of ether oxygens (including phenoxy) is 1. The summed E-state index contributed by atoms with van der Waals surface area (Å²) in [6, 6.07) is 17.0. The van der Waals surface area contributed by atoms with Gasteiger partial charge in [0.2, 0.25) is 5.91 Å². The number of rotatable bonds is 4. The quantitative estimate of drug-likeness (QED) is 0.735. The van der Waals surface area contributed by atoms with Gasteiger partial charge < -0.3 is 20.7 Å². The monoisotopic (exact) mass is 421 g/mol. The molecule has 0 radical (unpaired) electrons. The van der Waals surface area contributed by atoms with Crippen molar-refractivity contribution < 1.29 is 14.3 Å². The van der Waals surface area contributed by atoms with Crippen LogP contribution in [0.4, 0.5) is 10.5 Å². The van der Waals surface area contributed by atoms with Crippen LogP contribution in [0.1, 0.15) is 44.2 Å². The van der Waals surface area contributed by atoms with E-state index in [9.17, 15) is 9.59 Å². The zero-order valence-electron chi connectivity index (χ0n) is 18.2. The molecule has 0 aromatic heterocycles. The molecule has 0 aliphatic carbocycles. The summed E-state index contributed by atoms with van der Waals surface area (Å²) in [5.41, 5.74) is 8.84. The largest absolute Gasteiger partial charge is 0.445 e. The first-order valence-corrected chi connectivity index (χ1v) is 11.0. The molecule has 164 valence electrons. The summed E-state index contributed by atoms with van der Waals surface area (Å²) < 4.78 is 5.36. The lowest BCUT2D eigenvalue weighted by atomic mass is 9.78. The Labute approximate surface area is 183 Å². The first-order chi connectivity index (χ1) is 14.9. The van der Waals surface area contributed by atoms with Crippen LogP contribution in [-0.2, 0) is 21.6 Å². The average molecular weight is 422 g/mol. The molecule has 0 spiro atoms. The molecular weight excluding hydrogens is 390 g/mol. The molecule has 31 heavy (non-hydrogen) atoms. The predicted octanol–water partition coefficient (Wildman–Crippen LogP) is 3.85. The van der Waals surface area contributed by atoms with E-state index in [2.05, 4.69) is 25.2 Å². The summed E-state index contributed by atoms with van der Waals surface area (Å²) in [4.78, 5) is 27.8. The fourth-order valence-electron chi connectivity index (χ4n) is 5.20. The van der Waals surface area contributed by atoms with Gasteiger partial charge in [-0.2, -0.15) is 0 Å². The van der Waals surface area contributed by atoms with E-state index >= 15 is 0 Å². The minimum absolute atomic E-state index is 0.0239. The minimum Gasteiger partial charge on any atom is -0.445 e. The molecule has 3 N–H and O–H groups in total. The lowest BCUT2D eigenvalue weighted by Gasteiger charge is -2.28. The molecule has 0 saturated carbocycles. The Kier molecular flexibility index (Phi) is 5.90. The van der Waals surface area contributed by atoms with Gasteiger partial charge in [-0.25, -0.2) is 4.79 Å². The van der Waals surface area contributed by atoms with E-state index < -0.39 is 12.1 Å². The lowest BCUT2D eigenvalue weighted by Crippen LogP contribution is -2.49. The first kappa shape index (κ1) is 21.2. The van der Waals surface area contributed by atoms with E-state index in [1.807, 2.05) is 53.4 Å². The summed E-state index contributed by atoms with van der Waals surface area (Å²) in [7, 11) is 0. The van der Waals surface area contributed by atoms with Crippen molar-refractivity contribution in [3.05, 3.63) is 65.7 Å². The van der Waals surface area contributed by atoms with Gasteiger partial charge in [-0.3, -0.25) is 4.79 Å². The highest BCUT2D eigenvalue weighted by Gasteiger charge is 2.48. The van der Waals surface area contributed by atoms with Crippen molar-refractivity contribution in [2.75, 3.05) is 12.3 Å². The number of nitrogens with one attached hydrogen (secondary N) is 1. The molecule has 4 rings (SSSR count). The zero-order chi connectivity index (χ0) is 22.0. The normalized spacial score (nSPS) is 28.0. The van der Waals surface area contributed by atoms with Gasteiger partial charge in [-0.1, -0.05) is 62.4 Å². The number of hydrogen-bond donors (Lipinski definition) is 2. The maximum absolute atomic E-state index is 13.4. The number of fused-ring (bicyclic) bond motifs is 1. The number of nitrogen functional groups attached to an aromatic ring is 1. The van der Waals surface area contributed by atoms with E-state index in [0.29, 0.717) is 18.9 Å². The van der Waals surface area contributed by atoms with E-state index in [0.717, 1.165) is 29.7 Å². The van der Waals surface area contributed by atoms with E-state index in [1.54, 1.807) is 0 Å². The van der Waals surface area contributed by atoms with Crippen molar-refractivity contribution in [3.63, 3.8) is 0 Å². The van der Waals surface area contributed by atoms with Crippen molar-refractivity contribution in [2.45, 2.75) is 57.2 Å². The van der Waals surface area contributed by atoms with Crippen LogP contribution in [0.15, 0.2) is 54.6 Å². The standard InChI is InChI=1S/C25H31N3O3/c1-17-12-19-14-25(2,20-10-6-7-11-21(20)26)16-28(19)23(29)22(13-17)27-24(30)31-15-18-8-4-3-5-9-18/h3-11,17,19,22H,12-16,26H2,1-2H3,(H,27,30)/t17?,19-,22+,25-/m1/s1. The van der Waals surface area contributed by atoms with Gasteiger partial charge in [0.15, 0.2) is 0 Å². The fraction of sp³-hybridized carbons (Fsp3) is 0.440. The second-order valence-corrected chi connectivity index (χ2v) is 9.31. The Morgan fingerprint density at radius 1 is 1.16 bits per heavy atom. The number of benzene rings is 2. The first-order valence-electron chi connectivity index (χ1n) is 11.0. The number of hydrogen-bond acceptors (Lipinski definition) is 4. The van der Waals surface area contributed by atoms with Crippen LogP contribution < -0.4 is 11.1 Å². The second kappa shape index (κ2) is 8.61. The molecule has 0 bridgehead atoms. The Morgan fingerprint density at radius 2 is 1.87 bits per heavy atom. The van der Waals surface area contributed by atoms with E-state index in [4.69, 9.17) is 10.5 Å². The smallest absolute Gasteiger partial charge is 0.408 e. The number of para-hydroxylation sites is 1. The van der Waals surface area contributed by atoms with Gasteiger partial charge in [0.1, 0.15) is 12.6 Å². The van der Waals surface area contributed by atoms with Gasteiger partial charge in [-0.15, -0.1) is 0 Å². The second-order valence-electron chi connectivity index (χ2n) is 9.31. The predicted molar refractivity (Wildman–Crippen MR) is 120 cm³/mol.